The number of aromatic hydroxyl groups is 1. The predicted octanol–water partition coefficient (Wildman–Crippen LogP) is 4.17. The van der Waals surface area contributed by atoms with Crippen molar-refractivity contribution in [2.75, 3.05) is 0 Å². The molecule has 0 aromatic heterocycles. The van der Waals surface area contributed by atoms with Crippen LogP contribution in [0, 0.1) is 0 Å². The number of nitrogens with zero attached hydrogens (tertiary/aromatic N) is 1. The van der Waals surface area contributed by atoms with Crippen molar-refractivity contribution in [2.24, 2.45) is 5.16 Å². The van der Waals surface area contributed by atoms with E-state index >= 15 is 0 Å². The van der Waals surface area contributed by atoms with Gasteiger partial charge in [-0.15, -0.1) is 0 Å². The third-order valence-corrected chi connectivity index (χ3v) is 3.09. The Bertz CT molecular complexity index is 571. The van der Waals surface area contributed by atoms with E-state index in [1.807, 2.05) is 0 Å². The molecule has 0 spiro atoms. The third-order valence-electron chi connectivity index (χ3n) is 2.47. The Kier molecular flexibility index (Phi) is 3.75. The summed E-state index contributed by atoms with van der Waals surface area (Å²) >= 11 is 12.1. The van der Waals surface area contributed by atoms with Crippen molar-refractivity contribution in [3.8, 4) is 16.9 Å². The fourth-order valence-corrected chi connectivity index (χ4v) is 2.17. The number of oxime groups is 1. The van der Waals surface area contributed by atoms with E-state index in [-0.39, 0.29) is 5.75 Å². The summed E-state index contributed by atoms with van der Waals surface area (Å²) in [5.41, 5.74) is 2.16. The lowest BCUT2D eigenvalue weighted by atomic mass is 10.0. The molecule has 2 aromatic rings. The van der Waals surface area contributed by atoms with Crippen LogP contribution in [-0.2, 0) is 0 Å². The summed E-state index contributed by atoms with van der Waals surface area (Å²) in [7, 11) is 0. The van der Waals surface area contributed by atoms with Crippen LogP contribution < -0.4 is 0 Å². The Morgan fingerprint density at radius 3 is 2.00 bits per heavy atom. The lowest BCUT2D eigenvalue weighted by Crippen LogP contribution is -1.88. The van der Waals surface area contributed by atoms with Gasteiger partial charge < -0.3 is 10.3 Å². The van der Waals surface area contributed by atoms with Crippen LogP contribution >= 0.6 is 23.2 Å². The van der Waals surface area contributed by atoms with Crippen molar-refractivity contribution < 1.29 is 10.3 Å². The SMILES string of the molecule is O/N=C/c1c(Cl)cc(-c2ccc(O)cc2)cc1Cl. The number of rotatable bonds is 2. The number of hydrogen-bond donors (Lipinski definition) is 2. The molecule has 3 nitrogen and oxygen atoms in total. The number of benzene rings is 2. The van der Waals surface area contributed by atoms with Gasteiger partial charge in [-0.25, -0.2) is 0 Å². The summed E-state index contributed by atoms with van der Waals surface area (Å²) in [6.07, 6.45) is 1.19. The zero-order valence-electron chi connectivity index (χ0n) is 9.14. The summed E-state index contributed by atoms with van der Waals surface area (Å²) in [4.78, 5) is 0. The molecule has 0 aliphatic carbocycles. The molecule has 0 unspecified atom stereocenters. The molecular weight excluding hydrogens is 273 g/mol. The van der Waals surface area contributed by atoms with Crippen LogP contribution in [0.4, 0.5) is 0 Å². The van der Waals surface area contributed by atoms with Crippen LogP contribution in [0.15, 0.2) is 41.6 Å². The quantitative estimate of drug-likeness (QED) is 0.493. The van der Waals surface area contributed by atoms with Crippen LogP contribution in [0.3, 0.4) is 0 Å². The first-order chi connectivity index (χ1) is 8.61. The van der Waals surface area contributed by atoms with Crippen LogP contribution in [-0.4, -0.2) is 16.5 Å². The second-order valence-corrected chi connectivity index (χ2v) is 4.46. The molecule has 2 aromatic carbocycles. The van der Waals surface area contributed by atoms with Crippen LogP contribution in [0.25, 0.3) is 11.1 Å². The second-order valence-electron chi connectivity index (χ2n) is 3.65. The Labute approximate surface area is 114 Å². The number of phenolic OH excluding ortho intramolecular Hbond substituents is 1. The average molecular weight is 282 g/mol. The smallest absolute Gasteiger partial charge is 0.115 e. The second kappa shape index (κ2) is 5.29. The molecular formula is C13H9Cl2NO2. The monoisotopic (exact) mass is 281 g/mol. The Morgan fingerprint density at radius 2 is 1.50 bits per heavy atom. The molecule has 0 saturated carbocycles. The molecule has 18 heavy (non-hydrogen) atoms. The van der Waals surface area contributed by atoms with Gasteiger partial charge in [0.2, 0.25) is 0 Å². The molecule has 0 radical (unpaired) electrons. The highest BCUT2D eigenvalue weighted by Crippen LogP contribution is 2.31. The Hall–Kier alpha value is -1.71. The van der Waals surface area contributed by atoms with Crippen LogP contribution in [0.1, 0.15) is 5.56 Å². The minimum atomic E-state index is 0.194. The minimum absolute atomic E-state index is 0.194. The van der Waals surface area contributed by atoms with Gasteiger partial charge in [0.05, 0.1) is 16.3 Å². The van der Waals surface area contributed by atoms with Crippen LogP contribution in [0.5, 0.6) is 5.75 Å². The average Bonchev–Trinajstić information content (AvgIpc) is 2.34. The molecule has 0 bridgehead atoms. The Morgan fingerprint density at radius 1 is 0.944 bits per heavy atom. The van der Waals surface area contributed by atoms with Crippen LogP contribution in [0.2, 0.25) is 10.0 Å². The number of hydrogen-bond acceptors (Lipinski definition) is 3. The summed E-state index contributed by atoms with van der Waals surface area (Å²) in [5.74, 6) is 0.194. The van der Waals surface area contributed by atoms with E-state index < -0.39 is 0 Å². The lowest BCUT2D eigenvalue weighted by molar-refractivity contribution is 0.322. The van der Waals surface area contributed by atoms with Gasteiger partial charge in [0, 0.05) is 5.56 Å². The van der Waals surface area contributed by atoms with Gasteiger partial charge in [-0.3, -0.25) is 0 Å². The van der Waals surface area contributed by atoms with Gasteiger partial charge in [-0.05, 0) is 35.4 Å². The van der Waals surface area contributed by atoms with E-state index in [1.54, 1.807) is 36.4 Å². The predicted molar refractivity (Wildman–Crippen MR) is 72.9 cm³/mol. The molecule has 0 amide bonds. The van der Waals surface area contributed by atoms with E-state index in [0.717, 1.165) is 11.1 Å². The molecule has 92 valence electrons. The largest absolute Gasteiger partial charge is 0.508 e. The molecule has 0 aliphatic heterocycles. The van der Waals surface area contributed by atoms with E-state index in [9.17, 15) is 5.11 Å². The maximum Gasteiger partial charge on any atom is 0.115 e. The summed E-state index contributed by atoms with van der Waals surface area (Å²) < 4.78 is 0. The van der Waals surface area contributed by atoms with E-state index in [2.05, 4.69) is 5.16 Å². The van der Waals surface area contributed by atoms with Gasteiger partial charge in [0.15, 0.2) is 0 Å². The summed E-state index contributed by atoms with van der Waals surface area (Å²) in [6, 6.07) is 10.1. The van der Waals surface area contributed by atoms with Gasteiger partial charge >= 0.3 is 0 Å². The Balaban J connectivity index is 2.51. The fourth-order valence-electron chi connectivity index (χ4n) is 1.59. The first kappa shape index (κ1) is 12.7. The number of halogens is 2. The minimum Gasteiger partial charge on any atom is -0.508 e. The molecule has 0 heterocycles. The van der Waals surface area contributed by atoms with Crippen molar-refractivity contribution in [1.29, 1.82) is 0 Å². The van der Waals surface area contributed by atoms with Gasteiger partial charge in [-0.2, -0.15) is 0 Å². The van der Waals surface area contributed by atoms with Gasteiger partial charge in [-0.1, -0.05) is 40.5 Å². The third kappa shape index (κ3) is 2.58. The first-order valence-corrected chi connectivity index (χ1v) is 5.83. The lowest BCUT2D eigenvalue weighted by Gasteiger charge is -2.07. The molecule has 5 heteroatoms. The van der Waals surface area contributed by atoms with Crippen molar-refractivity contribution in [2.45, 2.75) is 0 Å². The molecule has 0 saturated heterocycles. The zero-order valence-corrected chi connectivity index (χ0v) is 10.7. The fraction of sp³-hybridized carbons (Fsp3) is 0. The standard InChI is InChI=1S/C13H9Cl2NO2/c14-12-5-9(6-13(15)11(12)7-16-18)8-1-3-10(17)4-2-8/h1-7,17-18H/b16-7+. The van der Waals surface area contributed by atoms with E-state index in [1.165, 1.54) is 6.21 Å². The van der Waals surface area contributed by atoms with E-state index in [4.69, 9.17) is 28.4 Å². The van der Waals surface area contributed by atoms with E-state index in [0.29, 0.717) is 15.6 Å². The molecule has 2 N–H and O–H groups in total. The van der Waals surface area contributed by atoms with Crippen molar-refractivity contribution in [3.63, 3.8) is 0 Å². The molecule has 0 atom stereocenters. The molecule has 0 fully saturated rings. The zero-order chi connectivity index (χ0) is 13.1. The molecule has 0 aliphatic rings. The van der Waals surface area contributed by atoms with Gasteiger partial charge in [0.1, 0.15) is 5.75 Å². The highest BCUT2D eigenvalue weighted by atomic mass is 35.5. The maximum atomic E-state index is 9.23. The highest BCUT2D eigenvalue weighted by Gasteiger charge is 2.08. The first-order valence-electron chi connectivity index (χ1n) is 5.07. The normalized spacial score (nSPS) is 11.0. The maximum absolute atomic E-state index is 9.23. The van der Waals surface area contributed by atoms with Crippen molar-refractivity contribution in [3.05, 3.63) is 52.0 Å². The van der Waals surface area contributed by atoms with Crippen molar-refractivity contribution in [1.82, 2.24) is 0 Å². The summed E-state index contributed by atoms with van der Waals surface area (Å²) in [6.45, 7) is 0. The van der Waals surface area contributed by atoms with Crippen molar-refractivity contribution >= 4 is 29.4 Å². The number of phenols is 1. The topological polar surface area (TPSA) is 52.8 Å². The summed E-state index contributed by atoms with van der Waals surface area (Å²) in [5, 5.41) is 21.4. The molecule has 2 rings (SSSR count). The highest BCUT2D eigenvalue weighted by molar-refractivity contribution is 6.39. The van der Waals surface area contributed by atoms with Gasteiger partial charge in [0.25, 0.3) is 0 Å².